The predicted molar refractivity (Wildman–Crippen MR) is 191 cm³/mol. The van der Waals surface area contributed by atoms with Crippen LogP contribution in [-0.4, -0.2) is 97.7 Å². The minimum absolute atomic E-state index is 0.000646. The molecule has 0 saturated carbocycles. The molecule has 1 unspecified atom stereocenters. The maximum Gasteiger partial charge on any atom is 0.333 e. The van der Waals surface area contributed by atoms with Gasteiger partial charge in [0, 0.05) is 42.4 Å². The highest BCUT2D eigenvalue weighted by atomic mass is 16.6. The van der Waals surface area contributed by atoms with Crippen LogP contribution in [0.5, 0.6) is 0 Å². The molecule has 0 bridgehead atoms. The lowest BCUT2D eigenvalue weighted by Crippen LogP contribution is -2.56. The topological polar surface area (TPSA) is 204 Å². The SMILES string of the molecule is C=C(C)C(=O)OCCCCC(=O)O[C@H]1[C@H](OC(=O)CCCCOC(=O)C(=C)C)COC(C)[C@@H]1OC(=O)CCCCOC(=O)C(=C)C.CCCCC(=O)O. The van der Waals surface area contributed by atoms with Gasteiger partial charge in [-0.15, -0.1) is 0 Å². The van der Waals surface area contributed by atoms with Crippen LogP contribution in [0.2, 0.25) is 0 Å². The number of ether oxygens (including phenoxy) is 7. The standard InChI is InChI=1S/C33H48O13.C5H10O2/c1-21(2)31(37)40-17-11-8-14-26(34)44-25-20-43-24(7)29(45-27(35)15-9-12-18-41-32(38)22(3)4)30(25)46-28(36)16-10-13-19-42-33(39)23(5)6;1-2-3-4-5(6)7/h24-25,29-30H,1,3,5,8-20H2,2,4,6-7H3;2-4H2,1H3,(H,6,7)/t24?,25-,29+,30+;/m1./s1. The van der Waals surface area contributed by atoms with Crippen molar-refractivity contribution < 1.29 is 71.8 Å². The highest BCUT2D eigenvalue weighted by Gasteiger charge is 2.45. The zero-order chi connectivity index (χ0) is 40.3. The fourth-order valence-electron chi connectivity index (χ4n) is 4.28. The van der Waals surface area contributed by atoms with Crippen LogP contribution >= 0.6 is 0 Å². The molecular formula is C38H58O15. The summed E-state index contributed by atoms with van der Waals surface area (Å²) >= 11 is 0. The lowest BCUT2D eigenvalue weighted by atomic mass is 10.00. The van der Waals surface area contributed by atoms with Gasteiger partial charge in [-0.3, -0.25) is 19.2 Å². The Balaban J connectivity index is 0.00000348. The van der Waals surface area contributed by atoms with Crippen LogP contribution in [0.1, 0.15) is 112 Å². The molecule has 0 aromatic carbocycles. The van der Waals surface area contributed by atoms with Gasteiger partial charge >= 0.3 is 41.8 Å². The van der Waals surface area contributed by atoms with Gasteiger partial charge in [0.05, 0.1) is 32.5 Å². The Morgan fingerprint density at radius 1 is 0.585 bits per heavy atom. The van der Waals surface area contributed by atoms with Crippen LogP contribution in [-0.2, 0) is 66.7 Å². The van der Waals surface area contributed by atoms with Gasteiger partial charge < -0.3 is 38.3 Å². The van der Waals surface area contributed by atoms with Gasteiger partial charge in [0.15, 0.2) is 18.3 Å². The second kappa shape index (κ2) is 28.0. The summed E-state index contributed by atoms with van der Waals surface area (Å²) in [6.45, 7) is 19.0. The van der Waals surface area contributed by atoms with E-state index >= 15 is 0 Å². The van der Waals surface area contributed by atoms with Gasteiger partial charge in [-0.25, -0.2) is 14.4 Å². The molecule has 1 rings (SSSR count). The molecule has 0 aromatic heterocycles. The number of carboxylic acids is 1. The van der Waals surface area contributed by atoms with E-state index in [1.54, 1.807) is 6.92 Å². The van der Waals surface area contributed by atoms with Crippen molar-refractivity contribution in [2.24, 2.45) is 0 Å². The second-order valence-electron chi connectivity index (χ2n) is 12.6. The van der Waals surface area contributed by atoms with Gasteiger partial charge in [-0.05, 0) is 72.6 Å². The second-order valence-corrected chi connectivity index (χ2v) is 12.6. The van der Waals surface area contributed by atoms with Gasteiger partial charge in [0.25, 0.3) is 0 Å². The fourth-order valence-corrected chi connectivity index (χ4v) is 4.28. The quantitative estimate of drug-likeness (QED) is 0.0577. The predicted octanol–water partition coefficient (Wildman–Crippen LogP) is 5.27. The van der Waals surface area contributed by atoms with E-state index in [0.717, 1.165) is 12.8 Å². The third-order valence-corrected chi connectivity index (χ3v) is 7.31. The lowest BCUT2D eigenvalue weighted by molar-refractivity contribution is -0.225. The van der Waals surface area contributed by atoms with Gasteiger partial charge in [-0.1, -0.05) is 33.1 Å². The molecule has 1 aliphatic heterocycles. The normalized spacial score (nSPS) is 17.5. The minimum atomic E-state index is -1.14. The molecule has 4 atom stereocenters. The van der Waals surface area contributed by atoms with Crippen molar-refractivity contribution in [3.8, 4) is 0 Å². The molecule has 0 spiro atoms. The van der Waals surface area contributed by atoms with Crippen molar-refractivity contribution >= 4 is 41.8 Å². The highest BCUT2D eigenvalue weighted by molar-refractivity contribution is 5.87. The lowest BCUT2D eigenvalue weighted by Gasteiger charge is -2.39. The Labute approximate surface area is 312 Å². The maximum absolute atomic E-state index is 12.8. The number of hydrogen-bond acceptors (Lipinski definition) is 14. The summed E-state index contributed by atoms with van der Waals surface area (Å²) in [6, 6.07) is 0. The molecule has 1 N–H and O–H groups in total. The Morgan fingerprint density at radius 3 is 1.30 bits per heavy atom. The van der Waals surface area contributed by atoms with Crippen molar-refractivity contribution in [2.75, 3.05) is 26.4 Å². The third kappa shape index (κ3) is 23.6. The monoisotopic (exact) mass is 754 g/mol. The Bertz CT molecular complexity index is 1250. The van der Waals surface area contributed by atoms with Crippen molar-refractivity contribution in [2.45, 2.75) is 136 Å². The molecule has 15 nitrogen and oxygen atoms in total. The first-order valence-corrected chi connectivity index (χ1v) is 17.9. The number of carbonyl (C=O) groups excluding carboxylic acids is 6. The van der Waals surface area contributed by atoms with E-state index in [4.69, 9.17) is 38.3 Å². The molecule has 1 aliphatic rings. The average molecular weight is 755 g/mol. The van der Waals surface area contributed by atoms with Gasteiger partial charge in [0.2, 0.25) is 0 Å². The molecule has 1 fully saturated rings. The molecule has 0 amide bonds. The van der Waals surface area contributed by atoms with E-state index in [0.29, 0.717) is 44.9 Å². The van der Waals surface area contributed by atoms with Gasteiger partial charge in [0.1, 0.15) is 0 Å². The van der Waals surface area contributed by atoms with Crippen LogP contribution in [0, 0.1) is 0 Å². The number of esters is 6. The first kappa shape index (κ1) is 48.5. The summed E-state index contributed by atoms with van der Waals surface area (Å²) in [7, 11) is 0. The van der Waals surface area contributed by atoms with Crippen molar-refractivity contribution in [3.63, 3.8) is 0 Å². The number of carbonyl (C=O) groups is 7. The van der Waals surface area contributed by atoms with Crippen LogP contribution in [0.15, 0.2) is 36.5 Å². The molecule has 0 radical (unpaired) electrons. The summed E-state index contributed by atoms with van der Waals surface area (Å²) in [5.41, 5.74) is 0.820. The highest BCUT2D eigenvalue weighted by Crippen LogP contribution is 2.26. The molecular weight excluding hydrogens is 696 g/mol. The summed E-state index contributed by atoms with van der Waals surface area (Å²) in [5, 5.41) is 8.04. The summed E-state index contributed by atoms with van der Waals surface area (Å²) in [5.74, 6) is -4.05. The third-order valence-electron chi connectivity index (χ3n) is 7.31. The molecule has 53 heavy (non-hydrogen) atoms. The van der Waals surface area contributed by atoms with E-state index in [-0.39, 0.29) is 62.4 Å². The molecule has 1 heterocycles. The Hall–Kier alpha value is -4.53. The van der Waals surface area contributed by atoms with Crippen LogP contribution < -0.4 is 0 Å². The molecule has 1 saturated heterocycles. The number of rotatable bonds is 24. The zero-order valence-electron chi connectivity index (χ0n) is 31.9. The summed E-state index contributed by atoms with van der Waals surface area (Å²) in [6.07, 6.45) is 0.428. The van der Waals surface area contributed by atoms with E-state index in [1.807, 2.05) is 6.92 Å². The van der Waals surface area contributed by atoms with Gasteiger partial charge in [-0.2, -0.15) is 0 Å². The Morgan fingerprint density at radius 2 is 0.962 bits per heavy atom. The van der Waals surface area contributed by atoms with E-state index in [9.17, 15) is 33.6 Å². The first-order chi connectivity index (χ1) is 25.0. The molecule has 15 heteroatoms. The first-order valence-electron chi connectivity index (χ1n) is 17.9. The van der Waals surface area contributed by atoms with Crippen LogP contribution in [0.25, 0.3) is 0 Å². The molecule has 0 aromatic rings. The smallest absolute Gasteiger partial charge is 0.333 e. The Kier molecular flexibility index (Phi) is 25.6. The molecule has 300 valence electrons. The fraction of sp³-hybridized carbons (Fsp3) is 0.658. The number of aliphatic carboxylic acids is 1. The number of hydrogen-bond donors (Lipinski definition) is 1. The molecule has 0 aliphatic carbocycles. The number of unbranched alkanes of at least 4 members (excludes halogenated alkanes) is 4. The average Bonchev–Trinajstić information content (AvgIpc) is 3.09. The maximum atomic E-state index is 12.8. The van der Waals surface area contributed by atoms with Crippen LogP contribution in [0.3, 0.4) is 0 Å². The van der Waals surface area contributed by atoms with Crippen molar-refractivity contribution in [3.05, 3.63) is 36.5 Å². The largest absolute Gasteiger partial charge is 0.481 e. The van der Waals surface area contributed by atoms with Crippen molar-refractivity contribution in [1.82, 2.24) is 0 Å². The van der Waals surface area contributed by atoms with Crippen molar-refractivity contribution in [1.29, 1.82) is 0 Å². The van der Waals surface area contributed by atoms with E-state index < -0.39 is 66.2 Å². The number of carboxylic acid groups (broad SMARTS) is 1. The summed E-state index contributed by atoms with van der Waals surface area (Å²) < 4.78 is 37.8. The zero-order valence-corrected chi connectivity index (χ0v) is 31.9. The van der Waals surface area contributed by atoms with Crippen LogP contribution in [0.4, 0.5) is 0 Å². The minimum Gasteiger partial charge on any atom is -0.481 e. The summed E-state index contributed by atoms with van der Waals surface area (Å²) in [4.78, 5) is 82.5. The van der Waals surface area contributed by atoms with E-state index in [1.165, 1.54) is 20.8 Å². The van der Waals surface area contributed by atoms with E-state index in [2.05, 4.69) is 19.7 Å².